The molecule has 0 spiro atoms. The molecule has 4 heteroatoms. The standard InChI is InChI=1S/C10H12N2OS/c1-4-9-7(3)12-6(2)8(5-13)11-10(12)14-9/h5H,4H2,1-3H3. The molecule has 0 saturated heterocycles. The normalized spacial score (nSPS) is 11.1. The molecule has 0 atom stereocenters. The molecule has 2 aromatic rings. The second-order valence-electron chi connectivity index (χ2n) is 3.28. The van der Waals surface area contributed by atoms with Crippen LogP contribution in [0, 0.1) is 13.8 Å². The summed E-state index contributed by atoms with van der Waals surface area (Å²) in [7, 11) is 0. The highest BCUT2D eigenvalue weighted by Crippen LogP contribution is 2.25. The summed E-state index contributed by atoms with van der Waals surface area (Å²) in [4.78, 5) is 17.2. The summed E-state index contributed by atoms with van der Waals surface area (Å²) in [6.07, 6.45) is 1.84. The first kappa shape index (κ1) is 9.40. The Hall–Kier alpha value is -1.16. The zero-order chi connectivity index (χ0) is 10.3. The molecule has 0 aliphatic carbocycles. The third-order valence-electron chi connectivity index (χ3n) is 2.50. The van der Waals surface area contributed by atoms with Crippen molar-refractivity contribution in [3.63, 3.8) is 0 Å². The van der Waals surface area contributed by atoms with Gasteiger partial charge in [0.2, 0.25) is 0 Å². The van der Waals surface area contributed by atoms with Crippen molar-refractivity contribution in [3.05, 3.63) is 22.0 Å². The molecule has 3 nitrogen and oxygen atoms in total. The number of carbonyl (C=O) groups is 1. The first-order valence-electron chi connectivity index (χ1n) is 4.61. The second kappa shape index (κ2) is 3.20. The maximum atomic E-state index is 10.7. The molecule has 0 fully saturated rings. The Kier molecular flexibility index (Phi) is 2.15. The lowest BCUT2D eigenvalue weighted by molar-refractivity contribution is 0.111. The zero-order valence-corrected chi connectivity index (χ0v) is 9.31. The zero-order valence-electron chi connectivity index (χ0n) is 8.50. The summed E-state index contributed by atoms with van der Waals surface area (Å²) < 4.78 is 2.06. The third-order valence-corrected chi connectivity index (χ3v) is 3.79. The number of aldehydes is 1. The molecule has 0 amide bonds. The minimum atomic E-state index is 0.557. The largest absolute Gasteiger partial charge is 0.296 e. The number of rotatable bonds is 2. The Labute approximate surface area is 86.4 Å². The highest BCUT2D eigenvalue weighted by Gasteiger charge is 2.13. The van der Waals surface area contributed by atoms with Gasteiger partial charge in [-0.2, -0.15) is 0 Å². The van der Waals surface area contributed by atoms with E-state index in [2.05, 4.69) is 23.2 Å². The summed E-state index contributed by atoms with van der Waals surface area (Å²) in [5.41, 5.74) is 2.72. The second-order valence-corrected chi connectivity index (χ2v) is 4.34. The molecular formula is C10H12N2OS. The molecule has 0 aliphatic rings. The quantitative estimate of drug-likeness (QED) is 0.710. The molecule has 2 heterocycles. The lowest BCUT2D eigenvalue weighted by Gasteiger charge is -1.96. The average Bonchev–Trinajstić information content (AvgIpc) is 2.65. The maximum Gasteiger partial charge on any atom is 0.195 e. The summed E-state index contributed by atoms with van der Waals surface area (Å²) in [5.74, 6) is 0. The Morgan fingerprint density at radius 3 is 2.64 bits per heavy atom. The molecular weight excluding hydrogens is 196 g/mol. The average molecular weight is 208 g/mol. The Morgan fingerprint density at radius 1 is 1.43 bits per heavy atom. The van der Waals surface area contributed by atoms with Gasteiger partial charge in [-0.1, -0.05) is 6.92 Å². The number of aromatic nitrogens is 2. The first-order valence-corrected chi connectivity index (χ1v) is 5.43. The first-order chi connectivity index (χ1) is 6.69. The summed E-state index contributed by atoms with van der Waals surface area (Å²) >= 11 is 1.67. The van der Waals surface area contributed by atoms with Crippen LogP contribution in [0.15, 0.2) is 0 Å². The Bertz CT molecular complexity index is 496. The molecule has 2 rings (SSSR count). The van der Waals surface area contributed by atoms with Crippen molar-refractivity contribution >= 4 is 22.6 Å². The van der Waals surface area contributed by atoms with E-state index in [0.717, 1.165) is 23.4 Å². The molecule has 74 valence electrons. The monoisotopic (exact) mass is 208 g/mol. The number of imidazole rings is 1. The van der Waals surface area contributed by atoms with Gasteiger partial charge in [0, 0.05) is 10.6 Å². The van der Waals surface area contributed by atoms with Crippen molar-refractivity contribution in [2.24, 2.45) is 0 Å². The van der Waals surface area contributed by atoms with E-state index in [0.29, 0.717) is 5.69 Å². The van der Waals surface area contributed by atoms with Crippen molar-refractivity contribution in [2.45, 2.75) is 27.2 Å². The minimum Gasteiger partial charge on any atom is -0.296 e. The maximum absolute atomic E-state index is 10.7. The number of fused-ring (bicyclic) bond motifs is 1. The fraction of sp³-hybridized carbons (Fsp3) is 0.400. The predicted octanol–water partition coefficient (Wildman–Crippen LogP) is 2.39. The van der Waals surface area contributed by atoms with Crippen LogP contribution in [0.1, 0.15) is 33.7 Å². The van der Waals surface area contributed by atoms with E-state index in [1.807, 2.05) is 6.92 Å². The van der Waals surface area contributed by atoms with Gasteiger partial charge in [0.05, 0.1) is 5.69 Å². The van der Waals surface area contributed by atoms with Gasteiger partial charge in [-0.05, 0) is 20.3 Å². The SMILES string of the molecule is CCc1sc2nc(C=O)c(C)n2c1C. The van der Waals surface area contributed by atoms with Gasteiger partial charge in [0.1, 0.15) is 5.69 Å². The van der Waals surface area contributed by atoms with E-state index < -0.39 is 0 Å². The van der Waals surface area contributed by atoms with E-state index in [1.165, 1.54) is 10.6 Å². The minimum absolute atomic E-state index is 0.557. The molecule has 0 bridgehead atoms. The lowest BCUT2D eigenvalue weighted by atomic mass is 10.3. The van der Waals surface area contributed by atoms with Crippen molar-refractivity contribution in [1.82, 2.24) is 9.38 Å². The highest BCUT2D eigenvalue weighted by molar-refractivity contribution is 7.17. The molecule has 0 unspecified atom stereocenters. The fourth-order valence-corrected chi connectivity index (χ4v) is 2.82. The topological polar surface area (TPSA) is 34.4 Å². The fourth-order valence-electron chi connectivity index (χ4n) is 1.70. The summed E-state index contributed by atoms with van der Waals surface area (Å²) in [6.45, 7) is 6.14. The van der Waals surface area contributed by atoms with Gasteiger partial charge < -0.3 is 0 Å². The van der Waals surface area contributed by atoms with Gasteiger partial charge in [-0.15, -0.1) is 11.3 Å². The van der Waals surface area contributed by atoms with Crippen molar-refractivity contribution < 1.29 is 4.79 Å². The van der Waals surface area contributed by atoms with Crippen LogP contribution < -0.4 is 0 Å². The van der Waals surface area contributed by atoms with Crippen LogP contribution in [0.4, 0.5) is 0 Å². The van der Waals surface area contributed by atoms with Crippen molar-refractivity contribution in [2.75, 3.05) is 0 Å². The number of nitrogens with zero attached hydrogens (tertiary/aromatic N) is 2. The Morgan fingerprint density at radius 2 is 2.14 bits per heavy atom. The highest BCUT2D eigenvalue weighted by atomic mass is 32.1. The van der Waals surface area contributed by atoms with E-state index in [9.17, 15) is 4.79 Å². The van der Waals surface area contributed by atoms with Crippen LogP contribution in [0.2, 0.25) is 0 Å². The van der Waals surface area contributed by atoms with E-state index >= 15 is 0 Å². The van der Waals surface area contributed by atoms with E-state index in [1.54, 1.807) is 11.3 Å². The summed E-state index contributed by atoms with van der Waals surface area (Å²) in [5, 5.41) is 0. The lowest BCUT2D eigenvalue weighted by Crippen LogP contribution is -1.92. The van der Waals surface area contributed by atoms with Crippen LogP contribution in [0.5, 0.6) is 0 Å². The van der Waals surface area contributed by atoms with Gasteiger partial charge in [-0.25, -0.2) is 4.98 Å². The number of thiazole rings is 1. The predicted molar refractivity (Wildman–Crippen MR) is 57.3 cm³/mol. The van der Waals surface area contributed by atoms with Crippen LogP contribution in [-0.2, 0) is 6.42 Å². The van der Waals surface area contributed by atoms with Crippen LogP contribution in [0.25, 0.3) is 4.96 Å². The smallest absolute Gasteiger partial charge is 0.195 e. The van der Waals surface area contributed by atoms with Crippen LogP contribution in [0.3, 0.4) is 0 Å². The van der Waals surface area contributed by atoms with Gasteiger partial charge in [0.25, 0.3) is 0 Å². The molecule has 0 N–H and O–H groups in total. The number of aryl methyl sites for hydroxylation is 3. The third kappa shape index (κ3) is 1.10. The van der Waals surface area contributed by atoms with Crippen molar-refractivity contribution in [3.8, 4) is 0 Å². The Balaban J connectivity index is 2.79. The summed E-state index contributed by atoms with van der Waals surface area (Å²) in [6, 6.07) is 0. The van der Waals surface area contributed by atoms with Crippen LogP contribution in [-0.4, -0.2) is 15.7 Å². The van der Waals surface area contributed by atoms with E-state index in [4.69, 9.17) is 0 Å². The van der Waals surface area contributed by atoms with E-state index in [-0.39, 0.29) is 0 Å². The molecule has 0 saturated carbocycles. The van der Waals surface area contributed by atoms with Crippen molar-refractivity contribution in [1.29, 1.82) is 0 Å². The molecule has 0 aliphatic heterocycles. The van der Waals surface area contributed by atoms with Gasteiger partial charge >= 0.3 is 0 Å². The molecule has 2 aromatic heterocycles. The van der Waals surface area contributed by atoms with Gasteiger partial charge in [0.15, 0.2) is 11.2 Å². The molecule has 14 heavy (non-hydrogen) atoms. The molecule has 0 aromatic carbocycles. The number of hydrogen-bond acceptors (Lipinski definition) is 3. The number of carbonyl (C=O) groups excluding carboxylic acids is 1. The van der Waals surface area contributed by atoms with Crippen LogP contribution >= 0.6 is 11.3 Å². The number of hydrogen-bond donors (Lipinski definition) is 0. The molecule has 0 radical (unpaired) electrons. The van der Waals surface area contributed by atoms with Gasteiger partial charge in [-0.3, -0.25) is 9.20 Å².